The molecule has 0 aliphatic rings. The molecular weight excluding hydrogens is 803 g/mol. The predicted octanol–water partition coefficient (Wildman–Crippen LogP) is 5.20. The minimum absolute atomic E-state index is 0.400. The Bertz CT molecular complexity index is 2210. The van der Waals surface area contributed by atoms with Gasteiger partial charge in [-0.25, -0.2) is 19.9 Å². The van der Waals surface area contributed by atoms with Crippen LogP contribution < -0.4 is 10.5 Å². The maximum Gasteiger partial charge on any atom is 0.499 e. The average molecular weight is 844 g/mol. The van der Waals surface area contributed by atoms with Gasteiger partial charge >= 0.3 is 7.12 Å². The Morgan fingerprint density at radius 3 is 1.58 bits per heavy atom. The number of aliphatic hydroxyl groups is 2. The lowest BCUT2D eigenvalue weighted by Crippen LogP contribution is -2.42. The highest BCUT2D eigenvalue weighted by atomic mass is 79.9. The summed E-state index contributed by atoms with van der Waals surface area (Å²) in [4.78, 5) is 38.1. The highest BCUT2D eigenvalue weighted by Gasteiger charge is 2.46. The quantitative estimate of drug-likeness (QED) is 0.131. The van der Waals surface area contributed by atoms with Crippen LogP contribution in [-0.4, -0.2) is 63.2 Å². The summed E-state index contributed by atoms with van der Waals surface area (Å²) < 4.78 is 1.27. The third-order valence-corrected chi connectivity index (χ3v) is 11.1. The molecule has 17 heteroatoms. The number of halogens is 1. The van der Waals surface area contributed by atoms with Gasteiger partial charge in [0.15, 0.2) is 0 Å². The van der Waals surface area contributed by atoms with Gasteiger partial charge in [-0.2, -0.15) is 5.26 Å². The van der Waals surface area contributed by atoms with E-state index < -0.39 is 35.1 Å². The largest absolute Gasteiger partial charge is 0.499 e. The summed E-state index contributed by atoms with van der Waals surface area (Å²) in [6.07, 6.45) is 12.7. The van der Waals surface area contributed by atoms with Gasteiger partial charge < -0.3 is 26.0 Å². The van der Waals surface area contributed by atoms with Crippen LogP contribution in [0.4, 0.5) is 0 Å². The maximum absolute atomic E-state index is 11.5. The van der Waals surface area contributed by atoms with Crippen molar-refractivity contribution < 1.29 is 25.1 Å². The molecule has 0 aromatic carbocycles. The fourth-order valence-corrected chi connectivity index (χ4v) is 7.18. The van der Waals surface area contributed by atoms with Crippen LogP contribution in [-0.2, 0) is 11.2 Å². The van der Waals surface area contributed by atoms with Crippen LogP contribution in [0, 0.1) is 22.2 Å². The topological polar surface area (TPSA) is 225 Å². The number of nitriles is 1. The van der Waals surface area contributed by atoms with E-state index in [0.29, 0.717) is 37.0 Å². The van der Waals surface area contributed by atoms with Crippen molar-refractivity contribution in [3.63, 3.8) is 0 Å². The molecule has 55 heavy (non-hydrogen) atoms. The van der Waals surface area contributed by atoms with Crippen molar-refractivity contribution >= 4 is 56.4 Å². The number of rotatable bonds is 7. The molecule has 0 aliphatic heterocycles. The number of thiophene rings is 2. The maximum atomic E-state index is 11.5. The molecule has 1 amide bonds. The molecule has 6 aromatic rings. The number of hydrogen-bond donors (Lipinski definition) is 5. The second-order valence-corrected chi connectivity index (χ2v) is 17.3. The first-order chi connectivity index (χ1) is 25.8. The van der Waals surface area contributed by atoms with E-state index in [0.717, 1.165) is 26.3 Å². The SMILES string of the molecule is CC(C)(C)C(O)(c1cncnc1)c1ccc(-c2ccc(C(N)=O)s2)cn1.CC(C)(C)C(O)(c1cncnc1)c1ccc(Br)cn1.N#Cc1ccc(B(O)O)s1. The van der Waals surface area contributed by atoms with Gasteiger partial charge in [-0.3, -0.25) is 14.8 Å². The minimum Gasteiger partial charge on any atom is -0.423 e. The Morgan fingerprint density at radius 2 is 1.24 bits per heavy atom. The number of pyridine rings is 2. The lowest BCUT2D eigenvalue weighted by Gasteiger charge is -2.39. The highest BCUT2D eigenvalue weighted by Crippen LogP contribution is 2.45. The number of aromatic nitrogens is 6. The van der Waals surface area contributed by atoms with Gasteiger partial charge in [0.1, 0.15) is 34.8 Å². The Morgan fingerprint density at radius 1 is 0.727 bits per heavy atom. The van der Waals surface area contributed by atoms with Gasteiger partial charge in [0, 0.05) is 78.8 Å². The van der Waals surface area contributed by atoms with Crippen LogP contribution >= 0.6 is 38.6 Å². The van der Waals surface area contributed by atoms with Gasteiger partial charge in [0.05, 0.1) is 16.3 Å². The summed E-state index contributed by atoms with van der Waals surface area (Å²) in [5.41, 5.74) is 4.91. The Hall–Kier alpha value is -4.80. The average Bonchev–Trinajstić information content (AvgIpc) is 3.87. The Labute approximate surface area is 336 Å². The van der Waals surface area contributed by atoms with Crippen LogP contribution in [0.25, 0.3) is 10.4 Å². The molecular formula is C38H40BBrN8O5S2. The molecule has 2 atom stereocenters. The van der Waals surface area contributed by atoms with Gasteiger partial charge in [0.25, 0.3) is 5.91 Å². The number of nitrogens with zero attached hydrogens (tertiary/aromatic N) is 7. The summed E-state index contributed by atoms with van der Waals surface area (Å²) in [7, 11) is -1.45. The van der Waals surface area contributed by atoms with Crippen molar-refractivity contribution in [3.05, 3.63) is 135 Å². The zero-order valence-corrected chi connectivity index (χ0v) is 34.1. The van der Waals surface area contributed by atoms with Crippen molar-refractivity contribution in [1.82, 2.24) is 29.9 Å². The van der Waals surface area contributed by atoms with Crippen molar-refractivity contribution in [1.29, 1.82) is 5.26 Å². The Kier molecular flexibility index (Phi) is 13.9. The lowest BCUT2D eigenvalue weighted by molar-refractivity contribution is -0.0302. The second-order valence-electron chi connectivity index (χ2n) is 14.2. The van der Waals surface area contributed by atoms with E-state index in [1.807, 2.05) is 71.9 Å². The molecule has 0 saturated heterocycles. The molecule has 284 valence electrons. The van der Waals surface area contributed by atoms with E-state index in [9.17, 15) is 15.0 Å². The van der Waals surface area contributed by atoms with E-state index in [1.165, 1.54) is 30.1 Å². The van der Waals surface area contributed by atoms with Crippen LogP contribution in [0.1, 0.15) is 78.6 Å². The van der Waals surface area contributed by atoms with Crippen LogP contribution in [0.2, 0.25) is 0 Å². The molecule has 6 heterocycles. The molecule has 0 aliphatic carbocycles. The van der Waals surface area contributed by atoms with Gasteiger partial charge in [0.2, 0.25) is 0 Å². The number of carbonyl (C=O) groups is 1. The van der Waals surface area contributed by atoms with Crippen molar-refractivity contribution in [2.75, 3.05) is 0 Å². The number of nitrogens with two attached hydrogens (primary N) is 1. The van der Waals surface area contributed by atoms with Crippen molar-refractivity contribution in [2.45, 2.75) is 52.7 Å². The first-order valence-corrected chi connectivity index (χ1v) is 19.1. The summed E-state index contributed by atoms with van der Waals surface area (Å²) >= 11 is 5.74. The van der Waals surface area contributed by atoms with E-state index in [-0.39, 0.29) is 0 Å². The highest BCUT2D eigenvalue weighted by molar-refractivity contribution is 9.10. The molecule has 0 radical (unpaired) electrons. The van der Waals surface area contributed by atoms with E-state index >= 15 is 0 Å². The summed E-state index contributed by atoms with van der Waals surface area (Å²) in [6, 6.07) is 15.8. The zero-order valence-electron chi connectivity index (χ0n) is 30.9. The lowest BCUT2D eigenvalue weighted by atomic mass is 9.71. The van der Waals surface area contributed by atoms with Crippen molar-refractivity contribution in [2.24, 2.45) is 16.6 Å². The number of primary amides is 1. The van der Waals surface area contributed by atoms with E-state index in [4.69, 9.17) is 21.0 Å². The fraction of sp³-hybridized carbons (Fsp3) is 0.263. The monoisotopic (exact) mass is 842 g/mol. The second kappa shape index (κ2) is 17.8. The van der Waals surface area contributed by atoms with Gasteiger partial charge in [-0.05, 0) is 52.3 Å². The molecule has 0 saturated carbocycles. The number of hydrogen-bond acceptors (Lipinski definition) is 14. The smallest absolute Gasteiger partial charge is 0.423 e. The molecule has 6 rings (SSSR count). The molecule has 13 nitrogen and oxygen atoms in total. The molecule has 2 unspecified atom stereocenters. The summed E-state index contributed by atoms with van der Waals surface area (Å²) in [6.45, 7) is 11.7. The first-order valence-electron chi connectivity index (χ1n) is 16.6. The third kappa shape index (κ3) is 9.91. The fourth-order valence-electron chi connectivity index (χ4n) is 5.42. The number of carbonyl (C=O) groups excluding carboxylic acids is 1. The van der Waals surface area contributed by atoms with E-state index in [1.54, 1.807) is 55.4 Å². The standard InChI is InChI=1S/C19H20N4O2S.C14H16BrN3O.C5H4BNO2S/c1-18(2,3)19(25,13-9-21-11-22-10-13)16-7-4-12(8-23-16)14-5-6-15(26-14)17(20)24;1-13(2,3)14(19,10-6-16-9-17-7-10)12-5-4-11(15)8-18-12;7-3-4-1-2-5(10-4)6(8)9/h4-11,25H,1-3H3,(H2,20,24);4-9,19H,1-3H3;1-2,8-9H. The van der Waals surface area contributed by atoms with Gasteiger partial charge in [-0.1, -0.05) is 53.7 Å². The molecule has 0 bridgehead atoms. The summed E-state index contributed by atoms with van der Waals surface area (Å²) in [5, 5.41) is 48.3. The predicted molar refractivity (Wildman–Crippen MR) is 216 cm³/mol. The first kappa shape index (κ1) is 42.9. The van der Waals surface area contributed by atoms with Crippen LogP contribution in [0.3, 0.4) is 0 Å². The zero-order chi connectivity index (χ0) is 40.6. The summed E-state index contributed by atoms with van der Waals surface area (Å²) in [5.74, 6) is -0.447. The molecule has 6 aromatic heterocycles. The van der Waals surface area contributed by atoms with Crippen LogP contribution in [0.5, 0.6) is 0 Å². The normalized spacial score (nSPS) is 13.4. The van der Waals surface area contributed by atoms with E-state index in [2.05, 4.69) is 45.8 Å². The third-order valence-electron chi connectivity index (χ3n) is 8.48. The molecule has 6 N–H and O–H groups in total. The Balaban J connectivity index is 0.000000202. The van der Waals surface area contributed by atoms with Crippen molar-refractivity contribution in [3.8, 4) is 16.5 Å². The number of amides is 1. The van der Waals surface area contributed by atoms with Gasteiger partial charge in [-0.15, -0.1) is 22.7 Å². The molecule has 0 fully saturated rings. The minimum atomic E-state index is -1.45. The van der Waals surface area contributed by atoms with Crippen LogP contribution in [0.15, 0.2) is 103 Å². The molecule has 0 spiro atoms.